The molecule has 0 aromatic rings. The summed E-state index contributed by atoms with van der Waals surface area (Å²) >= 11 is 1.44. The van der Waals surface area contributed by atoms with Crippen LogP contribution in [0.25, 0.3) is 0 Å². The monoisotopic (exact) mass is 430 g/mol. The summed E-state index contributed by atoms with van der Waals surface area (Å²) in [6, 6.07) is 0. The molecule has 162 valence electrons. The summed E-state index contributed by atoms with van der Waals surface area (Å²) in [5.74, 6) is 0.769. The minimum absolute atomic E-state index is 0.0632. The van der Waals surface area contributed by atoms with Crippen LogP contribution in [0.3, 0.4) is 0 Å². The summed E-state index contributed by atoms with van der Waals surface area (Å²) in [4.78, 5) is 36.6. The Hall–Kier alpha value is -1.14. The highest BCUT2D eigenvalue weighted by atomic mass is 32.2. The Morgan fingerprint density at radius 3 is 2.67 bits per heavy atom. The molecule has 2 saturated heterocycles. The van der Waals surface area contributed by atoms with Crippen molar-refractivity contribution in [1.29, 1.82) is 0 Å². The van der Waals surface area contributed by atoms with Gasteiger partial charge in [-0.05, 0) is 50.5 Å². The molecule has 0 amide bonds. The van der Waals surface area contributed by atoms with Crippen LogP contribution in [-0.4, -0.2) is 39.4 Å². The van der Waals surface area contributed by atoms with Gasteiger partial charge in [-0.15, -0.1) is 0 Å². The Morgan fingerprint density at radius 2 is 1.97 bits per heavy atom. The standard InChI is InChI=1S/C24H30O5S/c1-13(25)30-17-11-14-10-15(26)4-7-21(14,2)24-18(28-24)12-22(3)16(20(17)24)5-8-23(22)9-6-19(27)29-23/h10,16-18,20H,4-9,11-12H2,1-3H3/t16-,17+,18+,20+,21-,22-,23-,24+/m0/s1. The van der Waals surface area contributed by atoms with Crippen LogP contribution in [0, 0.1) is 22.7 Å². The van der Waals surface area contributed by atoms with Gasteiger partial charge in [0, 0.05) is 41.8 Å². The molecule has 4 aliphatic carbocycles. The predicted octanol–water partition coefficient (Wildman–Crippen LogP) is 3.98. The van der Waals surface area contributed by atoms with E-state index in [0.717, 1.165) is 38.5 Å². The number of ether oxygens (including phenoxy) is 2. The first-order valence-electron chi connectivity index (χ1n) is 11.5. The predicted molar refractivity (Wildman–Crippen MR) is 112 cm³/mol. The molecular formula is C24H30O5S. The zero-order valence-electron chi connectivity index (χ0n) is 18.0. The molecule has 3 saturated carbocycles. The van der Waals surface area contributed by atoms with Gasteiger partial charge in [-0.3, -0.25) is 14.4 Å². The number of hydrogen-bond donors (Lipinski definition) is 0. The molecule has 0 radical (unpaired) electrons. The molecule has 2 heterocycles. The summed E-state index contributed by atoms with van der Waals surface area (Å²) in [6.45, 7) is 6.27. The maximum Gasteiger partial charge on any atom is 0.306 e. The van der Waals surface area contributed by atoms with E-state index < -0.39 is 0 Å². The van der Waals surface area contributed by atoms with E-state index in [1.54, 1.807) is 6.92 Å². The minimum Gasteiger partial charge on any atom is -0.458 e. The summed E-state index contributed by atoms with van der Waals surface area (Å²) in [5.41, 5.74) is 0.320. The Kier molecular flexibility index (Phi) is 3.78. The van der Waals surface area contributed by atoms with Crippen LogP contribution in [0.4, 0.5) is 0 Å². The normalized spacial score (nSPS) is 53.4. The number of epoxide rings is 1. The highest BCUT2D eigenvalue weighted by molar-refractivity contribution is 8.14. The number of rotatable bonds is 1. The van der Waals surface area contributed by atoms with E-state index in [0.29, 0.717) is 18.8 Å². The molecule has 2 spiro atoms. The van der Waals surface area contributed by atoms with E-state index in [-0.39, 0.29) is 56.2 Å². The van der Waals surface area contributed by atoms with Gasteiger partial charge in [-0.2, -0.15) is 0 Å². The van der Waals surface area contributed by atoms with Gasteiger partial charge in [0.1, 0.15) is 11.2 Å². The minimum atomic E-state index is -0.363. The van der Waals surface area contributed by atoms with Crippen LogP contribution < -0.4 is 0 Å². The fourth-order valence-corrected chi connectivity index (χ4v) is 9.80. The lowest BCUT2D eigenvalue weighted by Crippen LogP contribution is -2.63. The number of carbonyl (C=O) groups excluding carboxylic acids is 3. The van der Waals surface area contributed by atoms with Crippen molar-refractivity contribution in [3.8, 4) is 0 Å². The quantitative estimate of drug-likeness (QED) is 0.463. The van der Waals surface area contributed by atoms with E-state index in [9.17, 15) is 14.4 Å². The summed E-state index contributed by atoms with van der Waals surface area (Å²) in [7, 11) is 0. The van der Waals surface area contributed by atoms with E-state index >= 15 is 0 Å². The zero-order valence-corrected chi connectivity index (χ0v) is 18.8. The van der Waals surface area contributed by atoms with Crippen LogP contribution in [0.2, 0.25) is 0 Å². The van der Waals surface area contributed by atoms with Crippen molar-refractivity contribution in [2.75, 3.05) is 0 Å². The zero-order chi connectivity index (χ0) is 21.1. The first-order valence-corrected chi connectivity index (χ1v) is 12.3. The smallest absolute Gasteiger partial charge is 0.306 e. The van der Waals surface area contributed by atoms with Crippen molar-refractivity contribution in [2.24, 2.45) is 22.7 Å². The topological polar surface area (TPSA) is 73.0 Å². The lowest BCUT2D eigenvalue weighted by Gasteiger charge is -2.58. The van der Waals surface area contributed by atoms with Gasteiger partial charge in [0.05, 0.1) is 6.10 Å². The third kappa shape index (κ3) is 2.13. The first kappa shape index (κ1) is 19.5. The molecule has 0 aromatic carbocycles. The largest absolute Gasteiger partial charge is 0.458 e. The molecule has 6 heteroatoms. The van der Waals surface area contributed by atoms with Crippen molar-refractivity contribution in [3.05, 3.63) is 11.6 Å². The van der Waals surface area contributed by atoms with E-state index in [1.807, 2.05) is 6.08 Å². The molecule has 6 aliphatic rings. The molecule has 8 atom stereocenters. The van der Waals surface area contributed by atoms with Crippen LogP contribution in [0.5, 0.6) is 0 Å². The van der Waals surface area contributed by atoms with E-state index in [2.05, 4.69) is 13.8 Å². The Bertz CT molecular complexity index is 911. The molecule has 2 aliphatic heterocycles. The van der Waals surface area contributed by atoms with Crippen LogP contribution in [0.1, 0.15) is 72.1 Å². The van der Waals surface area contributed by atoms with Crippen molar-refractivity contribution in [2.45, 2.75) is 94.7 Å². The van der Waals surface area contributed by atoms with Gasteiger partial charge in [0.25, 0.3) is 0 Å². The summed E-state index contributed by atoms with van der Waals surface area (Å²) < 4.78 is 12.8. The number of fused-ring (bicyclic) bond motifs is 4. The molecule has 0 bridgehead atoms. The molecule has 6 rings (SSSR count). The lowest BCUT2D eigenvalue weighted by atomic mass is 9.46. The van der Waals surface area contributed by atoms with Crippen molar-refractivity contribution in [3.63, 3.8) is 0 Å². The maximum atomic E-state index is 12.3. The van der Waals surface area contributed by atoms with Crippen molar-refractivity contribution < 1.29 is 23.9 Å². The average Bonchev–Trinajstić information content (AvgIpc) is 3.15. The SMILES string of the molecule is CC(=O)S[C@@H]1CC2=CC(=O)CC[C@]2(C)[C@@]23O[C@@H]2C[C@@]2(C)[C@@H](CC[C@]24CCC(=O)O4)[C@H]13. The Morgan fingerprint density at radius 1 is 1.17 bits per heavy atom. The molecule has 5 nitrogen and oxygen atoms in total. The lowest BCUT2D eigenvalue weighted by molar-refractivity contribution is -0.164. The molecule has 0 aromatic heterocycles. The number of ketones is 1. The van der Waals surface area contributed by atoms with Gasteiger partial charge in [-0.1, -0.05) is 31.2 Å². The number of carbonyl (C=O) groups is 3. The number of thioether (sulfide) groups is 1. The summed E-state index contributed by atoms with van der Waals surface area (Å²) in [5, 5.41) is 0.251. The molecular weight excluding hydrogens is 400 g/mol. The highest BCUT2D eigenvalue weighted by Gasteiger charge is 2.83. The molecule has 5 fully saturated rings. The van der Waals surface area contributed by atoms with E-state index in [1.165, 1.54) is 17.3 Å². The van der Waals surface area contributed by atoms with E-state index in [4.69, 9.17) is 9.47 Å². The third-order valence-electron chi connectivity index (χ3n) is 9.97. The van der Waals surface area contributed by atoms with Gasteiger partial charge >= 0.3 is 5.97 Å². The number of esters is 1. The van der Waals surface area contributed by atoms with Gasteiger partial charge in [0.2, 0.25) is 0 Å². The van der Waals surface area contributed by atoms with Gasteiger partial charge in [0.15, 0.2) is 10.9 Å². The molecule has 0 N–H and O–H groups in total. The second-order valence-corrected chi connectivity index (χ2v) is 12.4. The first-order chi connectivity index (χ1) is 14.2. The van der Waals surface area contributed by atoms with Gasteiger partial charge in [-0.25, -0.2) is 0 Å². The van der Waals surface area contributed by atoms with Crippen molar-refractivity contribution in [1.82, 2.24) is 0 Å². The van der Waals surface area contributed by atoms with Gasteiger partial charge < -0.3 is 9.47 Å². The second kappa shape index (κ2) is 5.80. The van der Waals surface area contributed by atoms with Crippen LogP contribution >= 0.6 is 11.8 Å². The fourth-order valence-electron chi connectivity index (χ4n) is 8.57. The summed E-state index contributed by atoms with van der Waals surface area (Å²) in [6.07, 6.45) is 8.38. The molecule has 0 unspecified atom stereocenters. The second-order valence-electron chi connectivity index (χ2n) is 11.0. The average molecular weight is 431 g/mol. The third-order valence-corrected chi connectivity index (χ3v) is 11.1. The number of hydrogen-bond acceptors (Lipinski definition) is 6. The van der Waals surface area contributed by atoms with Crippen LogP contribution in [-0.2, 0) is 23.9 Å². The van der Waals surface area contributed by atoms with Crippen LogP contribution in [0.15, 0.2) is 11.6 Å². The maximum absolute atomic E-state index is 12.3. The Balaban J connectivity index is 1.47. The molecule has 30 heavy (non-hydrogen) atoms. The Labute approximate surface area is 181 Å². The van der Waals surface area contributed by atoms with Crippen molar-refractivity contribution >= 4 is 28.6 Å². The highest BCUT2D eigenvalue weighted by Crippen LogP contribution is 2.78. The fraction of sp³-hybridized carbons (Fsp3) is 0.792.